The Hall–Kier alpha value is -1.05. The molecule has 8 heteroatoms. The normalized spacial score (nSPS) is 24.9. The Morgan fingerprint density at radius 3 is 3.05 bits per heavy atom. The van der Waals surface area contributed by atoms with Crippen LogP contribution in [0.5, 0.6) is 0 Å². The van der Waals surface area contributed by atoms with E-state index in [2.05, 4.69) is 15.3 Å². The molecular formula is C12H15ClN4O2S. The van der Waals surface area contributed by atoms with Crippen LogP contribution in [0, 0.1) is 0 Å². The van der Waals surface area contributed by atoms with Gasteiger partial charge in [-0.05, 0) is 29.2 Å². The van der Waals surface area contributed by atoms with Crippen LogP contribution in [0.15, 0.2) is 4.90 Å². The second-order valence-electron chi connectivity index (χ2n) is 5.01. The number of carbonyl (C=O) groups is 1. The molecule has 6 nitrogen and oxygen atoms in total. The molecule has 0 bridgehead atoms. The van der Waals surface area contributed by atoms with Crippen molar-refractivity contribution in [3.8, 4) is 0 Å². The van der Waals surface area contributed by atoms with E-state index in [0.717, 1.165) is 18.7 Å². The molecular weight excluding hydrogens is 300 g/mol. The lowest BCUT2D eigenvalue weighted by Crippen LogP contribution is -2.30. The molecule has 2 aliphatic heterocycles. The standard InChI is InChI=1S/C12H15ClN4O2S/c1-7(18)17-4-2-8(6-17)14-11-10-9(3-5-20(10)19)15-12(13)16-11/h8H,2-6H2,1H3,(H,14,15,16)/t8-,20?/m0/s1. The molecule has 1 aromatic heterocycles. The van der Waals surface area contributed by atoms with Crippen molar-refractivity contribution >= 4 is 34.5 Å². The zero-order valence-electron chi connectivity index (χ0n) is 11.1. The number of nitrogens with one attached hydrogen (secondary N) is 1. The Morgan fingerprint density at radius 2 is 2.35 bits per heavy atom. The molecule has 1 unspecified atom stereocenters. The summed E-state index contributed by atoms with van der Waals surface area (Å²) < 4.78 is 12.0. The monoisotopic (exact) mass is 314 g/mol. The molecule has 1 aromatic rings. The van der Waals surface area contributed by atoms with Gasteiger partial charge in [0.15, 0.2) is 5.82 Å². The molecule has 0 aromatic carbocycles. The van der Waals surface area contributed by atoms with Gasteiger partial charge in [-0.1, -0.05) is 0 Å². The molecule has 0 spiro atoms. The highest BCUT2D eigenvalue weighted by Gasteiger charge is 2.33. The number of aromatic nitrogens is 2. The summed E-state index contributed by atoms with van der Waals surface area (Å²) in [6.45, 7) is 2.94. The maximum atomic E-state index is 12.0. The number of nitrogens with zero attached hydrogens (tertiary/aromatic N) is 3. The van der Waals surface area contributed by atoms with E-state index < -0.39 is 11.2 Å². The van der Waals surface area contributed by atoms with Crippen LogP contribution >= 0.6 is 11.6 Å². The van der Waals surface area contributed by atoms with Crippen molar-refractivity contribution in [1.82, 2.24) is 14.9 Å². The van der Waals surface area contributed by atoms with Gasteiger partial charge in [-0.15, -0.1) is 0 Å². The Labute approximate surface area is 125 Å². The summed E-state index contributed by atoms with van der Waals surface area (Å²) in [5.74, 6) is 1.21. The number of halogens is 1. The fourth-order valence-electron chi connectivity index (χ4n) is 2.62. The number of carbonyl (C=O) groups excluding carboxylic acids is 1. The molecule has 0 radical (unpaired) electrons. The van der Waals surface area contributed by atoms with Crippen LogP contribution in [0.3, 0.4) is 0 Å². The van der Waals surface area contributed by atoms with E-state index in [4.69, 9.17) is 11.6 Å². The van der Waals surface area contributed by atoms with E-state index in [1.165, 1.54) is 0 Å². The average molecular weight is 315 g/mol. The summed E-state index contributed by atoms with van der Waals surface area (Å²) in [5, 5.41) is 3.45. The molecule has 0 aliphatic carbocycles. The smallest absolute Gasteiger partial charge is 0.224 e. The summed E-state index contributed by atoms with van der Waals surface area (Å²) in [5.41, 5.74) is 0.771. The zero-order valence-corrected chi connectivity index (χ0v) is 12.6. The predicted octanol–water partition coefficient (Wildman–Crippen LogP) is 0.826. The van der Waals surface area contributed by atoms with Crippen LogP contribution in [0.4, 0.5) is 5.82 Å². The van der Waals surface area contributed by atoms with Crippen LogP contribution in [0.2, 0.25) is 5.28 Å². The quantitative estimate of drug-likeness (QED) is 0.646. The summed E-state index contributed by atoms with van der Waals surface area (Å²) in [6.07, 6.45) is 1.52. The number of aryl methyl sites for hydroxylation is 1. The third-order valence-electron chi connectivity index (χ3n) is 3.63. The summed E-state index contributed by atoms with van der Waals surface area (Å²) >= 11 is 4.85. The van der Waals surface area contributed by atoms with E-state index in [0.29, 0.717) is 29.4 Å². The van der Waals surface area contributed by atoms with Gasteiger partial charge in [0.2, 0.25) is 16.1 Å². The van der Waals surface area contributed by atoms with Crippen molar-refractivity contribution in [2.45, 2.75) is 30.7 Å². The van der Waals surface area contributed by atoms with Gasteiger partial charge in [0.1, 0.15) is 11.4 Å². The van der Waals surface area contributed by atoms with E-state index in [9.17, 15) is 9.35 Å². The van der Waals surface area contributed by atoms with Gasteiger partial charge in [-0.2, -0.15) is 4.98 Å². The van der Waals surface area contributed by atoms with Crippen molar-refractivity contribution in [3.05, 3.63) is 11.0 Å². The fourth-order valence-corrected chi connectivity index (χ4v) is 4.12. The molecule has 20 heavy (non-hydrogen) atoms. The molecule has 1 fully saturated rings. The largest absolute Gasteiger partial charge is 0.611 e. The number of likely N-dealkylation sites (tertiary alicyclic amines) is 1. The van der Waals surface area contributed by atoms with Gasteiger partial charge < -0.3 is 14.8 Å². The van der Waals surface area contributed by atoms with Crippen LogP contribution < -0.4 is 5.32 Å². The highest BCUT2D eigenvalue weighted by Crippen LogP contribution is 2.32. The van der Waals surface area contributed by atoms with Gasteiger partial charge in [0.25, 0.3) is 0 Å². The number of hydrogen-bond donors (Lipinski definition) is 1. The number of amides is 1. The minimum Gasteiger partial charge on any atom is -0.611 e. The van der Waals surface area contributed by atoms with E-state index in [1.807, 2.05) is 0 Å². The molecule has 2 atom stereocenters. The van der Waals surface area contributed by atoms with Crippen LogP contribution in [-0.2, 0) is 22.4 Å². The first-order chi connectivity index (χ1) is 9.54. The van der Waals surface area contributed by atoms with E-state index in [-0.39, 0.29) is 17.2 Å². The van der Waals surface area contributed by atoms with Crippen molar-refractivity contribution in [3.63, 3.8) is 0 Å². The molecule has 1 N–H and O–H groups in total. The maximum absolute atomic E-state index is 12.0. The molecule has 0 saturated carbocycles. The second kappa shape index (κ2) is 5.38. The van der Waals surface area contributed by atoms with Gasteiger partial charge in [0.05, 0.1) is 0 Å². The molecule has 2 aliphatic rings. The third kappa shape index (κ3) is 2.57. The van der Waals surface area contributed by atoms with Crippen molar-refractivity contribution in [2.75, 3.05) is 24.2 Å². The van der Waals surface area contributed by atoms with Gasteiger partial charge >= 0.3 is 0 Å². The maximum Gasteiger partial charge on any atom is 0.224 e. The molecule has 3 rings (SSSR count). The van der Waals surface area contributed by atoms with Gasteiger partial charge in [-0.3, -0.25) is 4.79 Å². The van der Waals surface area contributed by atoms with Crippen LogP contribution in [-0.4, -0.2) is 50.2 Å². The van der Waals surface area contributed by atoms with Crippen molar-refractivity contribution in [1.29, 1.82) is 0 Å². The van der Waals surface area contributed by atoms with Crippen LogP contribution in [0.1, 0.15) is 19.0 Å². The average Bonchev–Trinajstić information content (AvgIpc) is 2.97. The summed E-state index contributed by atoms with van der Waals surface area (Å²) in [4.78, 5) is 22.1. The first-order valence-electron chi connectivity index (χ1n) is 6.51. The molecule has 1 saturated heterocycles. The zero-order chi connectivity index (χ0) is 14.3. The number of hydrogen-bond acceptors (Lipinski definition) is 5. The Bertz CT molecular complexity index is 557. The Balaban J connectivity index is 1.80. The highest BCUT2D eigenvalue weighted by molar-refractivity contribution is 7.91. The lowest BCUT2D eigenvalue weighted by Gasteiger charge is -2.17. The lowest BCUT2D eigenvalue weighted by atomic mass is 10.2. The summed E-state index contributed by atoms with van der Waals surface area (Å²) in [7, 11) is 0. The fraction of sp³-hybridized carbons (Fsp3) is 0.583. The number of fused-ring (bicyclic) bond motifs is 1. The Kier molecular flexibility index (Phi) is 3.74. The van der Waals surface area contributed by atoms with Gasteiger partial charge in [-0.25, -0.2) is 4.98 Å². The SMILES string of the molecule is CC(=O)N1CC[C@H](Nc2nc(Cl)nc3c2[S+]([O-])CC3)C1. The highest BCUT2D eigenvalue weighted by atomic mass is 35.5. The molecule has 3 heterocycles. The van der Waals surface area contributed by atoms with E-state index in [1.54, 1.807) is 11.8 Å². The number of rotatable bonds is 2. The van der Waals surface area contributed by atoms with E-state index >= 15 is 0 Å². The predicted molar refractivity (Wildman–Crippen MR) is 76.3 cm³/mol. The van der Waals surface area contributed by atoms with Crippen molar-refractivity contribution in [2.24, 2.45) is 0 Å². The third-order valence-corrected chi connectivity index (χ3v) is 5.26. The minimum absolute atomic E-state index is 0.0730. The topological polar surface area (TPSA) is 81.2 Å². The Morgan fingerprint density at radius 1 is 1.55 bits per heavy atom. The number of anilines is 1. The molecule has 108 valence electrons. The van der Waals surface area contributed by atoms with Gasteiger partial charge in [0, 0.05) is 32.5 Å². The summed E-state index contributed by atoms with van der Waals surface area (Å²) in [6, 6.07) is 0.117. The lowest BCUT2D eigenvalue weighted by molar-refractivity contribution is -0.127. The first-order valence-corrected chi connectivity index (χ1v) is 8.21. The van der Waals surface area contributed by atoms with Crippen molar-refractivity contribution < 1.29 is 9.35 Å². The minimum atomic E-state index is -1.06. The first kappa shape index (κ1) is 13.9. The van der Waals surface area contributed by atoms with Crippen LogP contribution in [0.25, 0.3) is 0 Å². The molecule has 1 amide bonds. The second-order valence-corrected chi connectivity index (χ2v) is 6.86.